The standard InChI is InChI=1S/C17H17BrN2O4/c1-11-4-3-5-13(6-11)24-10-17(22)20-19-9-12-7-15(21)16(23-2)8-14(12)18/h3-9,21H,10H2,1-2H3,(H,20,22)/b19-9-. The molecule has 2 N–H and O–H groups in total. The van der Waals surface area contributed by atoms with Crippen LogP contribution < -0.4 is 14.9 Å². The Kier molecular flexibility index (Phi) is 6.20. The van der Waals surface area contributed by atoms with Gasteiger partial charge in [-0.05, 0) is 52.7 Å². The van der Waals surface area contributed by atoms with E-state index in [-0.39, 0.29) is 18.3 Å². The number of amides is 1. The minimum Gasteiger partial charge on any atom is -0.504 e. The summed E-state index contributed by atoms with van der Waals surface area (Å²) in [6.07, 6.45) is 1.41. The minimum atomic E-state index is -0.387. The Labute approximate surface area is 148 Å². The third-order valence-corrected chi connectivity index (χ3v) is 3.74. The molecule has 0 aliphatic rings. The number of nitrogens with zero attached hydrogens (tertiary/aromatic N) is 1. The van der Waals surface area contributed by atoms with E-state index in [0.29, 0.717) is 21.5 Å². The highest BCUT2D eigenvalue weighted by Gasteiger charge is 2.07. The Hall–Kier alpha value is -2.54. The number of aromatic hydroxyl groups is 1. The molecule has 24 heavy (non-hydrogen) atoms. The molecule has 0 saturated carbocycles. The highest BCUT2D eigenvalue weighted by atomic mass is 79.9. The molecule has 2 aromatic carbocycles. The summed E-state index contributed by atoms with van der Waals surface area (Å²) < 4.78 is 11.0. The van der Waals surface area contributed by atoms with Crippen molar-refractivity contribution in [1.82, 2.24) is 5.43 Å². The summed E-state index contributed by atoms with van der Waals surface area (Å²) in [5.74, 6) is 0.560. The van der Waals surface area contributed by atoms with E-state index < -0.39 is 0 Å². The van der Waals surface area contributed by atoms with Gasteiger partial charge in [0.2, 0.25) is 0 Å². The molecular weight excluding hydrogens is 376 g/mol. The van der Waals surface area contributed by atoms with Gasteiger partial charge in [-0.3, -0.25) is 4.79 Å². The lowest BCUT2D eigenvalue weighted by molar-refractivity contribution is -0.123. The SMILES string of the molecule is COc1cc(Br)c(/C=N\NC(=O)COc2cccc(C)c2)cc1O. The average molecular weight is 393 g/mol. The molecule has 0 aromatic heterocycles. The molecular formula is C17H17BrN2O4. The molecule has 0 bridgehead atoms. The normalized spacial score (nSPS) is 10.6. The Balaban J connectivity index is 1.89. The maximum atomic E-state index is 11.7. The number of rotatable bonds is 6. The van der Waals surface area contributed by atoms with Crippen molar-refractivity contribution in [2.75, 3.05) is 13.7 Å². The van der Waals surface area contributed by atoms with Crippen molar-refractivity contribution in [2.24, 2.45) is 5.10 Å². The maximum absolute atomic E-state index is 11.7. The van der Waals surface area contributed by atoms with E-state index in [1.165, 1.54) is 19.4 Å². The molecule has 126 valence electrons. The van der Waals surface area contributed by atoms with Crippen LogP contribution in [0.3, 0.4) is 0 Å². The van der Waals surface area contributed by atoms with E-state index in [0.717, 1.165) is 5.56 Å². The van der Waals surface area contributed by atoms with Crippen LogP contribution in [-0.2, 0) is 4.79 Å². The van der Waals surface area contributed by atoms with Crippen LogP contribution in [0.15, 0.2) is 46.0 Å². The molecule has 2 aromatic rings. The number of hydrogen-bond acceptors (Lipinski definition) is 5. The van der Waals surface area contributed by atoms with Crippen LogP contribution in [0.5, 0.6) is 17.2 Å². The summed E-state index contributed by atoms with van der Waals surface area (Å²) in [4.78, 5) is 11.7. The Morgan fingerprint density at radius 3 is 2.88 bits per heavy atom. The highest BCUT2D eigenvalue weighted by molar-refractivity contribution is 9.10. The zero-order valence-electron chi connectivity index (χ0n) is 13.2. The molecule has 0 heterocycles. The number of hydrazone groups is 1. The van der Waals surface area contributed by atoms with Crippen molar-refractivity contribution in [2.45, 2.75) is 6.92 Å². The first kappa shape index (κ1) is 17.8. The number of aryl methyl sites for hydroxylation is 1. The summed E-state index contributed by atoms with van der Waals surface area (Å²) in [6, 6.07) is 10.5. The van der Waals surface area contributed by atoms with Crippen LogP contribution >= 0.6 is 15.9 Å². The maximum Gasteiger partial charge on any atom is 0.277 e. The van der Waals surface area contributed by atoms with Crippen molar-refractivity contribution in [1.29, 1.82) is 0 Å². The van der Waals surface area contributed by atoms with E-state index in [1.807, 2.05) is 25.1 Å². The number of hydrogen-bond donors (Lipinski definition) is 2. The van der Waals surface area contributed by atoms with E-state index >= 15 is 0 Å². The molecule has 0 aliphatic carbocycles. The van der Waals surface area contributed by atoms with E-state index in [1.54, 1.807) is 12.1 Å². The molecule has 0 spiro atoms. The lowest BCUT2D eigenvalue weighted by atomic mass is 10.2. The number of halogens is 1. The molecule has 0 fully saturated rings. The number of benzene rings is 2. The van der Waals surface area contributed by atoms with Gasteiger partial charge in [-0.1, -0.05) is 12.1 Å². The van der Waals surface area contributed by atoms with Crippen LogP contribution in [-0.4, -0.2) is 30.9 Å². The van der Waals surface area contributed by atoms with Crippen LogP contribution in [0.2, 0.25) is 0 Å². The fourth-order valence-electron chi connectivity index (χ4n) is 1.88. The third kappa shape index (κ3) is 4.99. The zero-order valence-corrected chi connectivity index (χ0v) is 14.8. The van der Waals surface area contributed by atoms with Crippen molar-refractivity contribution < 1.29 is 19.4 Å². The summed E-state index contributed by atoms with van der Waals surface area (Å²) in [7, 11) is 1.46. The second-order valence-corrected chi connectivity index (χ2v) is 5.80. The number of phenolic OH excluding ortho intramolecular Hbond substituents is 1. The Bertz CT molecular complexity index is 762. The predicted molar refractivity (Wildman–Crippen MR) is 94.8 cm³/mol. The first-order chi connectivity index (χ1) is 11.5. The number of methoxy groups -OCH3 is 1. The van der Waals surface area contributed by atoms with E-state index in [4.69, 9.17) is 9.47 Å². The number of ether oxygens (including phenoxy) is 2. The summed E-state index contributed by atoms with van der Waals surface area (Å²) in [6.45, 7) is 1.80. The van der Waals surface area contributed by atoms with Gasteiger partial charge in [-0.2, -0.15) is 5.10 Å². The van der Waals surface area contributed by atoms with Crippen LogP contribution in [0.25, 0.3) is 0 Å². The van der Waals surface area contributed by atoms with Crippen LogP contribution in [0, 0.1) is 6.92 Å². The first-order valence-electron chi connectivity index (χ1n) is 7.07. The number of phenols is 1. The minimum absolute atomic E-state index is 0.0174. The number of carbonyl (C=O) groups is 1. The lowest BCUT2D eigenvalue weighted by Gasteiger charge is -2.07. The molecule has 0 atom stereocenters. The van der Waals surface area contributed by atoms with Gasteiger partial charge in [-0.15, -0.1) is 0 Å². The molecule has 7 heteroatoms. The van der Waals surface area contributed by atoms with Gasteiger partial charge in [0.15, 0.2) is 18.1 Å². The fourth-order valence-corrected chi connectivity index (χ4v) is 2.31. The quantitative estimate of drug-likeness (QED) is 0.584. The molecule has 0 radical (unpaired) electrons. The summed E-state index contributed by atoms with van der Waals surface area (Å²) >= 11 is 3.34. The number of carbonyl (C=O) groups excluding carboxylic acids is 1. The first-order valence-corrected chi connectivity index (χ1v) is 7.86. The van der Waals surface area contributed by atoms with Crippen molar-refractivity contribution in [3.05, 3.63) is 52.0 Å². The predicted octanol–water partition coefficient (Wildman–Crippen LogP) is 3.00. The molecule has 6 nitrogen and oxygen atoms in total. The van der Waals surface area contributed by atoms with Gasteiger partial charge in [0.05, 0.1) is 13.3 Å². The molecule has 2 rings (SSSR count). The highest BCUT2D eigenvalue weighted by Crippen LogP contribution is 2.31. The monoisotopic (exact) mass is 392 g/mol. The smallest absolute Gasteiger partial charge is 0.277 e. The second-order valence-electron chi connectivity index (χ2n) is 4.94. The van der Waals surface area contributed by atoms with Crippen molar-refractivity contribution in [3.8, 4) is 17.2 Å². The molecule has 0 saturated heterocycles. The van der Waals surface area contributed by atoms with Gasteiger partial charge in [0, 0.05) is 10.0 Å². The largest absolute Gasteiger partial charge is 0.504 e. The van der Waals surface area contributed by atoms with Gasteiger partial charge in [0.1, 0.15) is 5.75 Å². The van der Waals surface area contributed by atoms with E-state index in [9.17, 15) is 9.90 Å². The lowest BCUT2D eigenvalue weighted by Crippen LogP contribution is -2.24. The average Bonchev–Trinajstić information content (AvgIpc) is 2.56. The van der Waals surface area contributed by atoms with Crippen molar-refractivity contribution >= 4 is 28.1 Å². The van der Waals surface area contributed by atoms with Gasteiger partial charge >= 0.3 is 0 Å². The molecule has 0 aliphatic heterocycles. The molecule has 0 unspecified atom stereocenters. The van der Waals surface area contributed by atoms with Crippen molar-refractivity contribution in [3.63, 3.8) is 0 Å². The van der Waals surface area contributed by atoms with Crippen LogP contribution in [0.4, 0.5) is 0 Å². The van der Waals surface area contributed by atoms with Gasteiger partial charge in [-0.25, -0.2) is 5.43 Å². The third-order valence-electron chi connectivity index (χ3n) is 3.05. The second kappa shape index (κ2) is 8.35. The Morgan fingerprint density at radius 2 is 2.17 bits per heavy atom. The summed E-state index contributed by atoms with van der Waals surface area (Å²) in [5, 5.41) is 13.6. The Morgan fingerprint density at radius 1 is 1.38 bits per heavy atom. The molecule has 1 amide bonds. The fraction of sp³-hybridized carbons (Fsp3) is 0.176. The van der Waals surface area contributed by atoms with E-state index in [2.05, 4.69) is 26.5 Å². The zero-order chi connectivity index (χ0) is 17.5. The summed E-state index contributed by atoms with van der Waals surface area (Å²) in [5.41, 5.74) is 4.01. The van der Waals surface area contributed by atoms with Crippen LogP contribution in [0.1, 0.15) is 11.1 Å². The van der Waals surface area contributed by atoms with Gasteiger partial charge in [0.25, 0.3) is 5.91 Å². The topological polar surface area (TPSA) is 80.2 Å². The number of nitrogens with one attached hydrogen (secondary N) is 1. The van der Waals surface area contributed by atoms with Gasteiger partial charge < -0.3 is 14.6 Å².